The molecule has 0 heterocycles. The average molecular weight is 295 g/mol. The van der Waals surface area contributed by atoms with E-state index in [1.165, 1.54) is 38.5 Å². The van der Waals surface area contributed by atoms with Crippen molar-refractivity contribution in [3.63, 3.8) is 0 Å². The van der Waals surface area contributed by atoms with Gasteiger partial charge in [0.25, 0.3) is 0 Å². The van der Waals surface area contributed by atoms with Gasteiger partial charge in [-0.3, -0.25) is 0 Å². The number of aliphatic hydroxyl groups excluding tert-OH is 1. The van der Waals surface area contributed by atoms with Crippen LogP contribution in [0, 0.1) is 40.9 Å². The molecule has 0 aromatic rings. The van der Waals surface area contributed by atoms with E-state index in [1.54, 1.807) is 0 Å². The van der Waals surface area contributed by atoms with Crippen LogP contribution in [-0.2, 0) is 0 Å². The molecular formula is C20H38O. The van der Waals surface area contributed by atoms with E-state index in [2.05, 4.69) is 41.5 Å². The lowest BCUT2D eigenvalue weighted by Crippen LogP contribution is -2.55. The summed E-state index contributed by atoms with van der Waals surface area (Å²) in [4.78, 5) is 0. The van der Waals surface area contributed by atoms with Gasteiger partial charge in [-0.25, -0.2) is 0 Å². The van der Waals surface area contributed by atoms with Gasteiger partial charge in [0.2, 0.25) is 0 Å². The third-order valence-electron chi connectivity index (χ3n) is 6.97. The molecule has 21 heavy (non-hydrogen) atoms. The van der Waals surface area contributed by atoms with Gasteiger partial charge in [0, 0.05) is 0 Å². The maximum atomic E-state index is 11.2. The van der Waals surface area contributed by atoms with Crippen LogP contribution in [-0.4, -0.2) is 11.2 Å². The summed E-state index contributed by atoms with van der Waals surface area (Å²) in [6, 6.07) is 0. The van der Waals surface area contributed by atoms with Crippen LogP contribution >= 0.6 is 0 Å². The van der Waals surface area contributed by atoms with E-state index in [4.69, 9.17) is 0 Å². The molecule has 124 valence electrons. The first-order chi connectivity index (χ1) is 9.79. The van der Waals surface area contributed by atoms with Crippen LogP contribution in [0.2, 0.25) is 0 Å². The smallest absolute Gasteiger partial charge is 0.0609 e. The molecule has 0 spiro atoms. The monoisotopic (exact) mass is 294 g/mol. The van der Waals surface area contributed by atoms with Gasteiger partial charge in [-0.15, -0.1) is 0 Å². The van der Waals surface area contributed by atoms with Crippen molar-refractivity contribution in [1.82, 2.24) is 0 Å². The van der Waals surface area contributed by atoms with E-state index in [9.17, 15) is 5.11 Å². The van der Waals surface area contributed by atoms with Crippen LogP contribution < -0.4 is 0 Å². The molecule has 2 aliphatic rings. The summed E-state index contributed by atoms with van der Waals surface area (Å²) < 4.78 is 0. The summed E-state index contributed by atoms with van der Waals surface area (Å²) >= 11 is 0. The zero-order valence-corrected chi connectivity index (χ0v) is 15.2. The molecular weight excluding hydrogens is 256 g/mol. The number of rotatable bonds is 3. The standard InChI is InChI=1S/C20H38O/c1-13(2)17-15(5)12-20(6,16-10-8-7-9-11-16)18(14(3)4)19(17)21/h13-19,21H,7-12H2,1-6H3. The van der Waals surface area contributed by atoms with Crippen molar-refractivity contribution in [2.75, 3.05) is 0 Å². The number of hydrogen-bond donors (Lipinski definition) is 1. The fraction of sp³-hybridized carbons (Fsp3) is 1.00. The van der Waals surface area contributed by atoms with E-state index < -0.39 is 0 Å². The van der Waals surface area contributed by atoms with E-state index in [-0.39, 0.29) is 6.10 Å². The predicted octanol–water partition coefficient (Wildman–Crippen LogP) is 5.52. The molecule has 1 nitrogen and oxygen atoms in total. The largest absolute Gasteiger partial charge is 0.392 e. The average Bonchev–Trinajstić information content (AvgIpc) is 2.37. The summed E-state index contributed by atoms with van der Waals surface area (Å²) in [5.74, 6) is 3.62. The zero-order chi connectivity index (χ0) is 15.8. The van der Waals surface area contributed by atoms with Crippen LogP contribution in [0.15, 0.2) is 0 Å². The van der Waals surface area contributed by atoms with Crippen LogP contribution in [0.5, 0.6) is 0 Å². The Hall–Kier alpha value is -0.0400. The Labute approximate surface area is 132 Å². The van der Waals surface area contributed by atoms with Crippen molar-refractivity contribution in [3.05, 3.63) is 0 Å². The highest BCUT2D eigenvalue weighted by atomic mass is 16.3. The molecule has 2 fully saturated rings. The second-order valence-corrected chi connectivity index (χ2v) is 9.10. The van der Waals surface area contributed by atoms with Gasteiger partial charge in [0.1, 0.15) is 0 Å². The van der Waals surface area contributed by atoms with Gasteiger partial charge in [-0.05, 0) is 60.2 Å². The summed E-state index contributed by atoms with van der Waals surface area (Å²) in [6.45, 7) is 14.2. The minimum atomic E-state index is -0.110. The SMILES string of the molecule is CC(C)C1C(C)CC(C)(C2CCCCC2)C(C(C)C)C1O. The third-order valence-corrected chi connectivity index (χ3v) is 6.97. The first-order valence-corrected chi connectivity index (χ1v) is 9.47. The first kappa shape index (κ1) is 17.3. The Morgan fingerprint density at radius 2 is 1.52 bits per heavy atom. The van der Waals surface area contributed by atoms with Gasteiger partial charge >= 0.3 is 0 Å². The van der Waals surface area contributed by atoms with Gasteiger partial charge in [-0.2, -0.15) is 0 Å². The van der Waals surface area contributed by atoms with Crippen LogP contribution in [0.25, 0.3) is 0 Å². The Morgan fingerprint density at radius 1 is 0.952 bits per heavy atom. The van der Waals surface area contributed by atoms with E-state index in [0.717, 1.165) is 5.92 Å². The molecule has 2 aliphatic carbocycles. The van der Waals surface area contributed by atoms with Crippen molar-refractivity contribution in [1.29, 1.82) is 0 Å². The van der Waals surface area contributed by atoms with Crippen molar-refractivity contribution in [2.24, 2.45) is 40.9 Å². The molecule has 5 unspecified atom stereocenters. The summed E-state index contributed by atoms with van der Waals surface area (Å²) in [5, 5.41) is 11.2. The quantitative estimate of drug-likeness (QED) is 0.727. The molecule has 0 aromatic carbocycles. The molecule has 1 N–H and O–H groups in total. The highest BCUT2D eigenvalue weighted by Gasteiger charge is 2.53. The fourth-order valence-electron chi connectivity index (χ4n) is 6.34. The Balaban J connectivity index is 2.30. The van der Waals surface area contributed by atoms with Crippen LogP contribution in [0.4, 0.5) is 0 Å². The minimum Gasteiger partial charge on any atom is -0.392 e. The Kier molecular flexibility index (Phi) is 5.45. The third kappa shape index (κ3) is 3.19. The molecule has 0 saturated heterocycles. The van der Waals surface area contributed by atoms with Crippen molar-refractivity contribution in [2.45, 2.75) is 86.2 Å². The molecule has 1 heteroatoms. The predicted molar refractivity (Wildman–Crippen MR) is 91.1 cm³/mol. The molecule has 0 radical (unpaired) electrons. The number of aliphatic hydroxyl groups is 1. The zero-order valence-electron chi connectivity index (χ0n) is 15.2. The highest BCUT2D eigenvalue weighted by Crippen LogP contribution is 2.57. The maximum absolute atomic E-state index is 11.2. The molecule has 0 bridgehead atoms. The highest BCUT2D eigenvalue weighted by molar-refractivity contribution is 5.02. The minimum absolute atomic E-state index is 0.110. The van der Waals surface area contributed by atoms with Crippen molar-refractivity contribution >= 4 is 0 Å². The van der Waals surface area contributed by atoms with Gasteiger partial charge in [-0.1, -0.05) is 60.8 Å². The maximum Gasteiger partial charge on any atom is 0.0609 e. The van der Waals surface area contributed by atoms with Crippen molar-refractivity contribution in [3.8, 4) is 0 Å². The normalized spacial score (nSPS) is 42.7. The van der Waals surface area contributed by atoms with Gasteiger partial charge < -0.3 is 5.11 Å². The molecule has 0 aliphatic heterocycles. The molecule has 0 amide bonds. The lowest BCUT2D eigenvalue weighted by atomic mass is 9.49. The topological polar surface area (TPSA) is 20.2 Å². The summed E-state index contributed by atoms with van der Waals surface area (Å²) in [7, 11) is 0. The number of hydrogen-bond acceptors (Lipinski definition) is 1. The second kappa shape index (κ2) is 6.60. The summed E-state index contributed by atoms with van der Waals surface area (Å²) in [6.07, 6.45) is 8.23. The van der Waals surface area contributed by atoms with Gasteiger partial charge in [0.15, 0.2) is 0 Å². The van der Waals surface area contributed by atoms with E-state index in [0.29, 0.717) is 35.0 Å². The first-order valence-electron chi connectivity index (χ1n) is 9.47. The van der Waals surface area contributed by atoms with Crippen LogP contribution in [0.3, 0.4) is 0 Å². The summed E-state index contributed by atoms with van der Waals surface area (Å²) in [5.41, 5.74) is 0.346. The van der Waals surface area contributed by atoms with E-state index >= 15 is 0 Å². The fourth-order valence-corrected chi connectivity index (χ4v) is 6.34. The van der Waals surface area contributed by atoms with Gasteiger partial charge in [0.05, 0.1) is 6.10 Å². The lowest BCUT2D eigenvalue weighted by molar-refractivity contribution is -0.141. The van der Waals surface area contributed by atoms with Crippen molar-refractivity contribution < 1.29 is 5.11 Å². The molecule has 2 saturated carbocycles. The molecule has 5 atom stereocenters. The van der Waals surface area contributed by atoms with E-state index in [1.807, 2.05) is 0 Å². The lowest BCUT2D eigenvalue weighted by Gasteiger charge is -2.57. The Morgan fingerprint density at radius 3 is 2.00 bits per heavy atom. The molecule has 0 aromatic heterocycles. The Bertz CT molecular complexity index is 329. The van der Waals surface area contributed by atoms with Crippen LogP contribution in [0.1, 0.15) is 80.1 Å². The molecule has 2 rings (SSSR count). The second-order valence-electron chi connectivity index (χ2n) is 9.10.